The van der Waals surface area contributed by atoms with E-state index in [4.69, 9.17) is 18.9 Å². The Morgan fingerprint density at radius 1 is 1.15 bits per heavy atom. The lowest BCUT2D eigenvalue weighted by Gasteiger charge is -2.26. The predicted molar refractivity (Wildman–Crippen MR) is 106 cm³/mol. The van der Waals surface area contributed by atoms with Gasteiger partial charge in [0.05, 0.1) is 20.0 Å². The van der Waals surface area contributed by atoms with E-state index in [-0.39, 0.29) is 18.1 Å². The molecular weight excluding hydrogens is 434 g/mol. The van der Waals surface area contributed by atoms with E-state index in [9.17, 15) is 4.79 Å². The fourth-order valence-corrected chi connectivity index (χ4v) is 5.08. The van der Waals surface area contributed by atoms with Crippen molar-refractivity contribution in [1.29, 1.82) is 0 Å². The minimum Gasteiger partial charge on any atom is -0.493 e. The number of fused-ring (bicyclic) bond motifs is 1. The molecule has 27 heavy (non-hydrogen) atoms. The molecule has 0 bridgehead atoms. The van der Waals surface area contributed by atoms with Crippen LogP contribution in [0.1, 0.15) is 16.5 Å². The van der Waals surface area contributed by atoms with Crippen molar-refractivity contribution >= 4 is 33.6 Å². The molecule has 0 aliphatic carbocycles. The molecule has 2 aromatic carbocycles. The fourth-order valence-electron chi connectivity index (χ4n) is 3.18. The van der Waals surface area contributed by atoms with Gasteiger partial charge in [-0.05, 0) is 29.8 Å². The number of carbonyl (C=O) groups excluding carboxylic acids is 1. The van der Waals surface area contributed by atoms with Gasteiger partial charge in [-0.25, -0.2) is 0 Å². The topological polar surface area (TPSA) is 57.2 Å². The highest BCUT2D eigenvalue weighted by Crippen LogP contribution is 2.46. The summed E-state index contributed by atoms with van der Waals surface area (Å²) in [4.78, 5) is 14.4. The van der Waals surface area contributed by atoms with Crippen LogP contribution >= 0.6 is 27.7 Å². The number of ether oxygens (including phenoxy) is 4. The molecule has 0 aromatic heterocycles. The zero-order valence-electron chi connectivity index (χ0n) is 14.9. The molecule has 6 nitrogen and oxygen atoms in total. The van der Waals surface area contributed by atoms with Crippen molar-refractivity contribution in [2.24, 2.45) is 0 Å². The summed E-state index contributed by atoms with van der Waals surface area (Å²) in [6, 6.07) is 9.57. The van der Waals surface area contributed by atoms with Gasteiger partial charge in [0.2, 0.25) is 12.7 Å². The zero-order valence-corrected chi connectivity index (χ0v) is 17.3. The number of benzene rings is 2. The molecule has 1 atom stereocenters. The van der Waals surface area contributed by atoms with Gasteiger partial charge in [-0.1, -0.05) is 22.0 Å². The van der Waals surface area contributed by atoms with E-state index in [0.29, 0.717) is 23.8 Å². The first-order valence-electron chi connectivity index (χ1n) is 8.31. The number of amides is 1. The Bertz CT molecular complexity index is 891. The van der Waals surface area contributed by atoms with Crippen LogP contribution in [-0.4, -0.2) is 37.6 Å². The van der Waals surface area contributed by atoms with Gasteiger partial charge in [0.1, 0.15) is 5.37 Å². The molecule has 2 heterocycles. The van der Waals surface area contributed by atoms with E-state index in [1.807, 2.05) is 35.2 Å². The van der Waals surface area contributed by atoms with E-state index in [2.05, 4.69) is 15.9 Å². The van der Waals surface area contributed by atoms with Crippen LogP contribution in [-0.2, 0) is 11.3 Å². The van der Waals surface area contributed by atoms with Gasteiger partial charge in [0.15, 0.2) is 23.0 Å². The summed E-state index contributed by atoms with van der Waals surface area (Å²) >= 11 is 5.21. The van der Waals surface area contributed by atoms with Crippen LogP contribution < -0.4 is 18.9 Å². The highest BCUT2D eigenvalue weighted by atomic mass is 79.9. The Morgan fingerprint density at radius 3 is 2.67 bits per heavy atom. The number of hydrogen-bond acceptors (Lipinski definition) is 6. The number of methoxy groups -OCH3 is 2. The average Bonchev–Trinajstić information content (AvgIpc) is 3.28. The van der Waals surface area contributed by atoms with Crippen molar-refractivity contribution in [2.45, 2.75) is 11.9 Å². The summed E-state index contributed by atoms with van der Waals surface area (Å²) in [7, 11) is 3.20. The SMILES string of the molecule is COc1cc(Br)c(C2SCC(=O)N2Cc2ccc3c(c2)OCO3)cc1OC. The lowest BCUT2D eigenvalue weighted by Crippen LogP contribution is -2.27. The lowest BCUT2D eigenvalue weighted by molar-refractivity contribution is -0.128. The molecule has 8 heteroatoms. The maximum Gasteiger partial charge on any atom is 0.234 e. The molecule has 1 fully saturated rings. The van der Waals surface area contributed by atoms with Crippen LogP contribution in [0.25, 0.3) is 0 Å². The number of halogens is 1. The first-order chi connectivity index (χ1) is 13.1. The Labute approximate surface area is 169 Å². The van der Waals surface area contributed by atoms with E-state index < -0.39 is 0 Å². The maximum atomic E-state index is 12.6. The first-order valence-corrected chi connectivity index (χ1v) is 10.2. The summed E-state index contributed by atoms with van der Waals surface area (Å²) in [6.07, 6.45) is 0. The highest BCUT2D eigenvalue weighted by Gasteiger charge is 2.35. The van der Waals surface area contributed by atoms with Gasteiger partial charge in [-0.15, -0.1) is 11.8 Å². The van der Waals surface area contributed by atoms with Gasteiger partial charge < -0.3 is 23.8 Å². The summed E-state index contributed by atoms with van der Waals surface area (Å²) in [5, 5.41) is -0.114. The zero-order chi connectivity index (χ0) is 19.0. The summed E-state index contributed by atoms with van der Waals surface area (Å²) in [6.45, 7) is 0.729. The second-order valence-corrected chi connectivity index (χ2v) is 8.02. The van der Waals surface area contributed by atoms with E-state index in [0.717, 1.165) is 27.1 Å². The predicted octanol–water partition coefficient (Wildman–Crippen LogP) is 3.97. The van der Waals surface area contributed by atoms with Crippen LogP contribution in [0.5, 0.6) is 23.0 Å². The minimum atomic E-state index is -0.114. The normalized spacial score (nSPS) is 18.1. The molecule has 0 saturated carbocycles. The minimum absolute atomic E-state index is 0.101. The highest BCUT2D eigenvalue weighted by molar-refractivity contribution is 9.10. The van der Waals surface area contributed by atoms with Crippen molar-refractivity contribution in [3.8, 4) is 23.0 Å². The number of hydrogen-bond donors (Lipinski definition) is 0. The van der Waals surface area contributed by atoms with Crippen LogP contribution in [0.3, 0.4) is 0 Å². The smallest absolute Gasteiger partial charge is 0.234 e. The first kappa shape index (κ1) is 18.3. The Balaban J connectivity index is 1.64. The molecule has 142 valence electrons. The molecule has 1 saturated heterocycles. The second kappa shape index (κ2) is 7.52. The standard InChI is InChI=1S/C19H18BrNO5S/c1-23-15-6-12(13(20)7-16(15)24-2)19-21(18(22)9-27-19)8-11-3-4-14-17(5-11)26-10-25-14/h3-7,19H,8-10H2,1-2H3. The maximum absolute atomic E-state index is 12.6. The third-order valence-electron chi connectivity index (χ3n) is 4.53. The van der Waals surface area contributed by atoms with E-state index >= 15 is 0 Å². The lowest BCUT2D eigenvalue weighted by atomic mass is 10.1. The Morgan fingerprint density at radius 2 is 1.89 bits per heavy atom. The fraction of sp³-hybridized carbons (Fsp3) is 0.316. The monoisotopic (exact) mass is 451 g/mol. The van der Waals surface area contributed by atoms with E-state index in [1.54, 1.807) is 26.0 Å². The number of nitrogens with zero attached hydrogens (tertiary/aromatic N) is 1. The molecule has 1 unspecified atom stereocenters. The molecule has 2 aromatic rings. The van der Waals surface area contributed by atoms with Crippen molar-refractivity contribution in [3.63, 3.8) is 0 Å². The van der Waals surface area contributed by atoms with E-state index in [1.165, 1.54) is 0 Å². The van der Waals surface area contributed by atoms with Crippen molar-refractivity contribution in [3.05, 3.63) is 45.9 Å². The number of carbonyl (C=O) groups is 1. The third kappa shape index (κ3) is 3.43. The largest absolute Gasteiger partial charge is 0.493 e. The summed E-state index contributed by atoms with van der Waals surface area (Å²) in [5.74, 6) is 3.28. The average molecular weight is 452 g/mol. The van der Waals surface area contributed by atoms with Gasteiger partial charge in [0, 0.05) is 16.6 Å². The molecule has 0 N–H and O–H groups in total. The summed E-state index contributed by atoms with van der Waals surface area (Å²) in [5.41, 5.74) is 1.97. The molecule has 1 amide bonds. The van der Waals surface area contributed by atoms with Crippen molar-refractivity contribution in [2.75, 3.05) is 26.8 Å². The van der Waals surface area contributed by atoms with Crippen LogP contribution in [0, 0.1) is 0 Å². The van der Waals surface area contributed by atoms with Crippen molar-refractivity contribution < 1.29 is 23.7 Å². The van der Waals surface area contributed by atoms with Crippen LogP contribution in [0.15, 0.2) is 34.8 Å². The van der Waals surface area contributed by atoms with Gasteiger partial charge in [-0.3, -0.25) is 4.79 Å². The Kier molecular flexibility index (Phi) is 5.10. The molecule has 0 radical (unpaired) electrons. The van der Waals surface area contributed by atoms with Crippen LogP contribution in [0.2, 0.25) is 0 Å². The third-order valence-corrected chi connectivity index (χ3v) is 6.45. The molecule has 0 spiro atoms. The van der Waals surface area contributed by atoms with Crippen LogP contribution in [0.4, 0.5) is 0 Å². The van der Waals surface area contributed by atoms with Crippen molar-refractivity contribution in [1.82, 2.24) is 4.90 Å². The number of rotatable bonds is 5. The molecule has 4 rings (SSSR count). The number of thioether (sulfide) groups is 1. The molecule has 2 aliphatic rings. The molecular formula is C19H18BrNO5S. The van der Waals surface area contributed by atoms with Gasteiger partial charge in [0.25, 0.3) is 0 Å². The quantitative estimate of drug-likeness (QED) is 0.685. The van der Waals surface area contributed by atoms with Gasteiger partial charge in [-0.2, -0.15) is 0 Å². The second-order valence-electron chi connectivity index (χ2n) is 6.10. The summed E-state index contributed by atoms with van der Waals surface area (Å²) < 4.78 is 22.5. The van der Waals surface area contributed by atoms with Gasteiger partial charge >= 0.3 is 0 Å². The Hall–Kier alpha value is -2.06. The molecule has 2 aliphatic heterocycles.